The fourth-order valence-electron chi connectivity index (χ4n) is 3.93. The van der Waals surface area contributed by atoms with Crippen LogP contribution in [0.1, 0.15) is 38.2 Å². The summed E-state index contributed by atoms with van der Waals surface area (Å²) in [4.78, 5) is 14.2. The fourth-order valence-corrected chi connectivity index (χ4v) is 4.32. The van der Waals surface area contributed by atoms with Gasteiger partial charge in [0, 0.05) is 24.4 Å². The number of carbonyl (C=O) groups is 1. The third-order valence-electron chi connectivity index (χ3n) is 6.28. The summed E-state index contributed by atoms with van der Waals surface area (Å²) in [5.74, 6) is 1.48. The predicted molar refractivity (Wildman–Crippen MR) is 113 cm³/mol. The lowest BCUT2D eigenvalue weighted by atomic mass is 9.72. The number of aliphatic hydroxyl groups is 1. The van der Waals surface area contributed by atoms with Gasteiger partial charge in [0.2, 0.25) is 15.9 Å². The van der Waals surface area contributed by atoms with Crippen LogP contribution in [-0.2, 0) is 14.8 Å². The zero-order valence-electron chi connectivity index (χ0n) is 18.1. The molecular formula is C21H32N2O6S. The zero-order chi connectivity index (χ0) is 22.1. The number of nitrogens with one attached hydrogen (secondary N) is 1. The van der Waals surface area contributed by atoms with E-state index >= 15 is 0 Å². The Bertz CT molecular complexity index is 883. The number of methoxy groups -OCH3 is 1. The predicted octanol–water partition coefficient (Wildman–Crippen LogP) is 1.35. The van der Waals surface area contributed by atoms with Gasteiger partial charge in [0.15, 0.2) is 11.5 Å². The largest absolute Gasteiger partial charge is 0.493 e. The minimum absolute atomic E-state index is 0.131. The Balaban J connectivity index is 1.83. The molecule has 1 aromatic rings. The van der Waals surface area contributed by atoms with Gasteiger partial charge in [0.25, 0.3) is 0 Å². The van der Waals surface area contributed by atoms with Gasteiger partial charge >= 0.3 is 0 Å². The normalized spacial score (nSPS) is 25.2. The summed E-state index contributed by atoms with van der Waals surface area (Å²) in [7, 11) is -1.86. The quantitative estimate of drug-likeness (QED) is 0.601. The van der Waals surface area contributed by atoms with Crippen LogP contribution in [0.25, 0.3) is 0 Å². The van der Waals surface area contributed by atoms with Crippen LogP contribution in [0.2, 0.25) is 0 Å². The van der Waals surface area contributed by atoms with E-state index in [0.717, 1.165) is 11.8 Å². The van der Waals surface area contributed by atoms with Crippen LogP contribution in [0.3, 0.4) is 0 Å². The number of likely N-dealkylation sites (tertiary alicyclic amines) is 1. The highest BCUT2D eigenvalue weighted by molar-refractivity contribution is 7.88. The number of hydrogen-bond acceptors (Lipinski definition) is 6. The van der Waals surface area contributed by atoms with Crippen molar-refractivity contribution in [1.82, 2.24) is 9.62 Å². The molecular weight excluding hydrogens is 408 g/mol. The summed E-state index contributed by atoms with van der Waals surface area (Å²) in [6.07, 6.45) is 2.72. The lowest BCUT2D eigenvalue weighted by Crippen LogP contribution is -2.41. The van der Waals surface area contributed by atoms with Crippen molar-refractivity contribution in [3.05, 3.63) is 23.8 Å². The number of nitrogens with zero attached hydrogens (tertiary/aromatic N) is 1. The number of ether oxygens (including phenoxy) is 2. The third-order valence-corrected chi connectivity index (χ3v) is 6.95. The Kier molecular flexibility index (Phi) is 6.64. The molecule has 0 bridgehead atoms. The molecule has 2 fully saturated rings. The van der Waals surface area contributed by atoms with E-state index in [1.807, 2.05) is 25.1 Å². The number of aliphatic hydroxyl groups excluding tert-OH is 1. The summed E-state index contributed by atoms with van der Waals surface area (Å²) in [5, 5.41) is 10.6. The standard InChI is InChI=1S/C21H32N2O6S/c1-14(24)21(2)13-23(20(25)10-22-30(4,26)27)11-17(21)16-7-8-18(28-3)19(9-16)29-12-15-5-6-15/h7-9,14-15,17,22,24H,5-6,10-13H2,1-4H3. The number of hydrogen-bond donors (Lipinski definition) is 2. The highest BCUT2D eigenvalue weighted by Crippen LogP contribution is 2.47. The minimum atomic E-state index is -3.46. The number of amides is 1. The first-order valence-electron chi connectivity index (χ1n) is 10.2. The van der Waals surface area contributed by atoms with Crippen LogP contribution >= 0.6 is 0 Å². The van der Waals surface area contributed by atoms with Crippen molar-refractivity contribution in [2.24, 2.45) is 11.3 Å². The summed E-state index contributed by atoms with van der Waals surface area (Å²) in [6.45, 7) is 4.77. The highest BCUT2D eigenvalue weighted by atomic mass is 32.2. The molecule has 0 spiro atoms. The van der Waals surface area contributed by atoms with E-state index in [-0.39, 0.29) is 18.4 Å². The smallest absolute Gasteiger partial charge is 0.237 e. The van der Waals surface area contributed by atoms with Crippen LogP contribution in [0, 0.1) is 11.3 Å². The van der Waals surface area contributed by atoms with Crippen molar-refractivity contribution >= 4 is 15.9 Å². The summed E-state index contributed by atoms with van der Waals surface area (Å²) in [6, 6.07) is 5.74. The van der Waals surface area contributed by atoms with Gasteiger partial charge in [0.1, 0.15) is 0 Å². The first-order chi connectivity index (χ1) is 14.0. The lowest BCUT2D eigenvalue weighted by molar-refractivity contribution is -0.129. The Morgan fingerprint density at radius 1 is 1.37 bits per heavy atom. The molecule has 8 nitrogen and oxygen atoms in total. The van der Waals surface area contributed by atoms with Crippen molar-refractivity contribution in [1.29, 1.82) is 0 Å². The molecule has 1 saturated heterocycles. The first-order valence-corrected chi connectivity index (χ1v) is 12.1. The monoisotopic (exact) mass is 440 g/mol. The molecule has 9 heteroatoms. The zero-order valence-corrected chi connectivity index (χ0v) is 18.9. The second-order valence-electron chi connectivity index (χ2n) is 8.77. The molecule has 2 N–H and O–H groups in total. The minimum Gasteiger partial charge on any atom is -0.493 e. The maximum Gasteiger partial charge on any atom is 0.237 e. The number of benzene rings is 1. The van der Waals surface area contributed by atoms with E-state index < -0.39 is 21.5 Å². The molecule has 0 radical (unpaired) electrons. The maximum atomic E-state index is 12.6. The van der Waals surface area contributed by atoms with E-state index in [0.29, 0.717) is 37.1 Å². The van der Waals surface area contributed by atoms with Crippen LogP contribution in [0.5, 0.6) is 11.5 Å². The topological polar surface area (TPSA) is 105 Å². The molecule has 1 aliphatic carbocycles. The Hall–Kier alpha value is -1.84. The van der Waals surface area contributed by atoms with Gasteiger partial charge in [0.05, 0.1) is 32.6 Å². The Morgan fingerprint density at radius 2 is 2.07 bits per heavy atom. The van der Waals surface area contributed by atoms with Crippen molar-refractivity contribution < 1.29 is 27.8 Å². The Morgan fingerprint density at radius 3 is 2.63 bits per heavy atom. The van der Waals surface area contributed by atoms with Crippen LogP contribution < -0.4 is 14.2 Å². The van der Waals surface area contributed by atoms with Crippen LogP contribution in [0.4, 0.5) is 0 Å². The lowest BCUT2D eigenvalue weighted by Gasteiger charge is -2.33. The first kappa shape index (κ1) is 22.8. The molecule has 168 valence electrons. The van der Waals surface area contributed by atoms with Gasteiger partial charge < -0.3 is 19.5 Å². The van der Waals surface area contributed by atoms with E-state index in [1.165, 1.54) is 12.8 Å². The van der Waals surface area contributed by atoms with E-state index in [9.17, 15) is 18.3 Å². The Labute approximate surface area is 178 Å². The molecule has 3 atom stereocenters. The van der Waals surface area contributed by atoms with Gasteiger partial charge in [-0.1, -0.05) is 13.0 Å². The summed E-state index contributed by atoms with van der Waals surface area (Å²) < 4.78 is 36.3. The second-order valence-corrected chi connectivity index (χ2v) is 10.6. The fraction of sp³-hybridized carbons (Fsp3) is 0.667. The van der Waals surface area contributed by atoms with Crippen molar-refractivity contribution in [2.45, 2.75) is 38.7 Å². The number of rotatable bonds is 9. The van der Waals surface area contributed by atoms with Crippen LogP contribution in [-0.4, -0.2) is 70.0 Å². The molecule has 3 unspecified atom stereocenters. The van der Waals surface area contributed by atoms with Crippen LogP contribution in [0.15, 0.2) is 18.2 Å². The number of sulfonamides is 1. The van der Waals surface area contributed by atoms with Gasteiger partial charge in [-0.15, -0.1) is 0 Å². The molecule has 0 aromatic heterocycles. The average Bonchev–Trinajstić information content (AvgIpc) is 3.44. The summed E-state index contributed by atoms with van der Waals surface area (Å²) >= 11 is 0. The van der Waals surface area contributed by atoms with Crippen molar-refractivity contribution in [3.63, 3.8) is 0 Å². The molecule has 3 rings (SSSR count). The highest BCUT2D eigenvalue weighted by Gasteiger charge is 2.48. The molecule has 1 heterocycles. The SMILES string of the molecule is COc1ccc(C2CN(C(=O)CNS(C)(=O)=O)CC2(C)C(C)O)cc1OCC1CC1. The molecule has 1 amide bonds. The third kappa shape index (κ3) is 5.25. The average molecular weight is 441 g/mol. The molecule has 1 saturated carbocycles. The van der Waals surface area contributed by atoms with Gasteiger partial charge in [-0.05, 0) is 43.4 Å². The van der Waals surface area contributed by atoms with E-state index in [4.69, 9.17) is 9.47 Å². The molecule has 2 aliphatic rings. The number of carbonyl (C=O) groups excluding carboxylic acids is 1. The van der Waals surface area contributed by atoms with Gasteiger partial charge in [-0.3, -0.25) is 4.79 Å². The molecule has 30 heavy (non-hydrogen) atoms. The van der Waals surface area contributed by atoms with Crippen molar-refractivity contribution in [3.8, 4) is 11.5 Å². The summed E-state index contributed by atoms with van der Waals surface area (Å²) in [5.41, 5.74) is 0.375. The van der Waals surface area contributed by atoms with Crippen molar-refractivity contribution in [2.75, 3.05) is 39.6 Å². The van der Waals surface area contributed by atoms with Gasteiger partial charge in [-0.25, -0.2) is 13.1 Å². The van der Waals surface area contributed by atoms with E-state index in [2.05, 4.69) is 4.72 Å². The maximum absolute atomic E-state index is 12.6. The van der Waals surface area contributed by atoms with E-state index in [1.54, 1.807) is 18.9 Å². The second kappa shape index (κ2) is 8.72. The van der Waals surface area contributed by atoms with Gasteiger partial charge in [-0.2, -0.15) is 0 Å². The molecule has 1 aliphatic heterocycles. The molecule has 1 aromatic carbocycles.